The van der Waals surface area contributed by atoms with Gasteiger partial charge < -0.3 is 14.7 Å². The molecule has 0 aromatic heterocycles. The van der Waals surface area contributed by atoms with E-state index in [0.717, 1.165) is 22.3 Å². The third-order valence-electron chi connectivity index (χ3n) is 9.33. The Morgan fingerprint density at radius 2 is 2.11 bits per heavy atom. The van der Waals surface area contributed by atoms with Crippen LogP contribution in [0.4, 0.5) is 0 Å². The number of ether oxygens (including phenoxy) is 1. The van der Waals surface area contributed by atoms with Gasteiger partial charge >= 0.3 is 0 Å². The molecule has 1 saturated carbocycles. The molecule has 1 amide bonds. The number of aryl methyl sites for hydroxylation is 1. The molecule has 36 heavy (non-hydrogen) atoms. The quantitative estimate of drug-likeness (QED) is 0.402. The normalized spacial score (nSPS) is 32.1. The Labute approximate surface area is 210 Å². The predicted molar refractivity (Wildman–Crippen MR) is 135 cm³/mol. The lowest BCUT2D eigenvalue weighted by Crippen LogP contribution is -2.80. The Balaban J connectivity index is 1.43. The second-order valence-corrected chi connectivity index (χ2v) is 10.9. The molecular formula is C28H31N3O5. The van der Waals surface area contributed by atoms with Crippen LogP contribution in [0.1, 0.15) is 41.5 Å². The molecule has 2 fully saturated rings. The van der Waals surface area contributed by atoms with E-state index in [1.54, 1.807) is 30.2 Å². The maximum absolute atomic E-state index is 13.3. The van der Waals surface area contributed by atoms with Gasteiger partial charge in [-0.05, 0) is 63.0 Å². The topological polar surface area (TPSA) is 96.2 Å². The van der Waals surface area contributed by atoms with Crippen molar-refractivity contribution in [2.45, 2.75) is 61.7 Å². The molecule has 6 rings (SSSR count). The lowest BCUT2D eigenvalue weighted by molar-refractivity contribution is -0.605. The Morgan fingerprint density at radius 1 is 1.31 bits per heavy atom. The van der Waals surface area contributed by atoms with E-state index in [1.165, 1.54) is 0 Å². The highest BCUT2D eigenvalue weighted by molar-refractivity contribution is 5.92. The Hall–Kier alpha value is -3.39. The van der Waals surface area contributed by atoms with Gasteiger partial charge in [-0.25, -0.2) is 0 Å². The number of rotatable bonds is 4. The minimum atomic E-state index is -1.23. The van der Waals surface area contributed by atoms with Gasteiger partial charge in [-0.3, -0.25) is 19.8 Å². The number of nitro groups is 1. The number of carbonyl (C=O) groups is 1. The van der Waals surface area contributed by atoms with Gasteiger partial charge in [0.1, 0.15) is 11.5 Å². The largest absolute Gasteiger partial charge is 0.504 e. The first-order valence-electron chi connectivity index (χ1n) is 12.6. The molecule has 8 nitrogen and oxygen atoms in total. The van der Waals surface area contributed by atoms with Gasteiger partial charge in [0.25, 0.3) is 5.54 Å². The molecular weight excluding hydrogens is 458 g/mol. The third kappa shape index (κ3) is 2.82. The highest BCUT2D eigenvalue weighted by Gasteiger charge is 2.80. The molecule has 2 aliphatic heterocycles. The highest BCUT2D eigenvalue weighted by Crippen LogP contribution is 2.66. The zero-order valence-corrected chi connectivity index (χ0v) is 20.8. The minimum absolute atomic E-state index is 0.0132. The molecule has 2 aromatic carbocycles. The van der Waals surface area contributed by atoms with Crippen molar-refractivity contribution in [2.24, 2.45) is 0 Å². The smallest absolute Gasteiger partial charge is 0.251 e. The first kappa shape index (κ1) is 23.0. The van der Waals surface area contributed by atoms with Crippen LogP contribution in [0.2, 0.25) is 0 Å². The molecule has 2 aliphatic carbocycles. The van der Waals surface area contributed by atoms with Crippen molar-refractivity contribution >= 4 is 12.0 Å². The second kappa shape index (κ2) is 7.80. The number of aromatic hydroxyl groups is 1. The third-order valence-corrected chi connectivity index (χ3v) is 9.33. The molecule has 0 unspecified atom stereocenters. The number of amides is 1. The Morgan fingerprint density at radius 3 is 2.86 bits per heavy atom. The lowest BCUT2D eigenvalue weighted by atomic mass is 9.47. The molecule has 2 bridgehead atoms. The molecule has 1 saturated heterocycles. The van der Waals surface area contributed by atoms with Crippen molar-refractivity contribution in [3.63, 3.8) is 0 Å². The summed E-state index contributed by atoms with van der Waals surface area (Å²) < 4.78 is 6.49. The van der Waals surface area contributed by atoms with Gasteiger partial charge in [0, 0.05) is 30.0 Å². The maximum Gasteiger partial charge on any atom is 0.251 e. The Bertz CT molecular complexity index is 1310. The van der Waals surface area contributed by atoms with E-state index >= 15 is 0 Å². The fourth-order valence-corrected chi connectivity index (χ4v) is 7.72. The molecule has 1 N–H and O–H groups in total. The van der Waals surface area contributed by atoms with E-state index in [1.807, 2.05) is 44.3 Å². The van der Waals surface area contributed by atoms with E-state index in [-0.39, 0.29) is 28.7 Å². The number of benzene rings is 2. The summed E-state index contributed by atoms with van der Waals surface area (Å²) in [6.45, 7) is 2.71. The van der Waals surface area contributed by atoms with Crippen LogP contribution in [0.15, 0.2) is 42.5 Å². The minimum Gasteiger partial charge on any atom is -0.504 e. The maximum atomic E-state index is 13.3. The van der Waals surface area contributed by atoms with E-state index < -0.39 is 17.1 Å². The lowest BCUT2D eigenvalue weighted by Gasteiger charge is -2.61. The van der Waals surface area contributed by atoms with Gasteiger partial charge in [-0.15, -0.1) is 0 Å². The summed E-state index contributed by atoms with van der Waals surface area (Å²) in [5.74, 6) is 0.213. The number of likely N-dealkylation sites (tertiary alicyclic amines) is 1. The molecule has 188 valence electrons. The number of nitrogens with zero attached hydrogens (tertiary/aromatic N) is 3. The van der Waals surface area contributed by atoms with Crippen LogP contribution in [0.3, 0.4) is 0 Å². The molecule has 2 heterocycles. The van der Waals surface area contributed by atoms with Crippen LogP contribution in [-0.4, -0.2) is 70.1 Å². The standard InChI is InChI=1S/C28H31N3O5/c1-17-5-4-6-18(15-17)7-10-23(33)30(3)20-11-12-28(31(34)35)22-16-19-8-9-21(32)25-24(19)27(28,26(20)36-25)13-14-29(22)2/h4-10,15,20,22,26,32H,11-14,16H2,1-3H3/t20-,22+,26-,27-,28+/m0/s1. The number of hydrogen-bond acceptors (Lipinski definition) is 6. The molecule has 0 radical (unpaired) electrons. The van der Waals surface area contributed by atoms with Crippen LogP contribution in [0.5, 0.6) is 11.5 Å². The van der Waals surface area contributed by atoms with Crippen LogP contribution in [0, 0.1) is 17.0 Å². The summed E-state index contributed by atoms with van der Waals surface area (Å²) in [5, 5.41) is 23.7. The number of phenols is 1. The molecule has 8 heteroatoms. The van der Waals surface area contributed by atoms with Crippen molar-refractivity contribution in [2.75, 3.05) is 20.6 Å². The average molecular weight is 490 g/mol. The number of phenolic OH excluding ortho intramolecular Hbond substituents is 1. The van der Waals surface area contributed by atoms with Crippen molar-refractivity contribution in [3.05, 3.63) is 74.8 Å². The van der Waals surface area contributed by atoms with E-state index in [4.69, 9.17) is 4.74 Å². The predicted octanol–water partition coefficient (Wildman–Crippen LogP) is 3.31. The summed E-state index contributed by atoms with van der Waals surface area (Å²) in [7, 11) is 3.73. The van der Waals surface area contributed by atoms with Crippen molar-refractivity contribution < 1.29 is 19.6 Å². The van der Waals surface area contributed by atoms with E-state index in [2.05, 4.69) is 4.90 Å². The average Bonchev–Trinajstić information content (AvgIpc) is 3.21. The molecule has 4 aliphatic rings. The van der Waals surface area contributed by atoms with E-state index in [0.29, 0.717) is 38.0 Å². The Kier molecular flexibility index (Phi) is 4.99. The van der Waals surface area contributed by atoms with Crippen LogP contribution in [0.25, 0.3) is 6.08 Å². The van der Waals surface area contributed by atoms with Gasteiger partial charge in [0.15, 0.2) is 11.5 Å². The number of hydrogen-bond donors (Lipinski definition) is 1. The SMILES string of the molecule is Cc1cccc(C=CC(=O)N(C)[C@H]2CC[C@@]3([N+](=O)[O-])[C@H]4Cc5ccc(O)c6c5[C@@]3(CCN4C)[C@H]2O6)c1. The van der Waals surface area contributed by atoms with Gasteiger partial charge in [-0.2, -0.15) is 0 Å². The second-order valence-electron chi connectivity index (χ2n) is 10.9. The van der Waals surface area contributed by atoms with Gasteiger partial charge in [0.2, 0.25) is 5.91 Å². The van der Waals surface area contributed by atoms with Gasteiger partial charge in [0.05, 0.1) is 12.1 Å². The zero-order chi connectivity index (χ0) is 25.4. The monoisotopic (exact) mass is 489 g/mol. The van der Waals surface area contributed by atoms with Crippen LogP contribution >= 0.6 is 0 Å². The fourth-order valence-electron chi connectivity index (χ4n) is 7.72. The highest BCUT2D eigenvalue weighted by atomic mass is 16.6. The summed E-state index contributed by atoms with van der Waals surface area (Å²) in [4.78, 5) is 30.1. The molecule has 5 atom stereocenters. The summed E-state index contributed by atoms with van der Waals surface area (Å²) >= 11 is 0. The molecule has 2 aromatic rings. The first-order valence-corrected chi connectivity index (χ1v) is 12.6. The summed E-state index contributed by atoms with van der Waals surface area (Å²) in [6, 6.07) is 10.8. The summed E-state index contributed by atoms with van der Waals surface area (Å²) in [6.07, 6.45) is 4.68. The molecule has 1 spiro atoms. The first-order chi connectivity index (χ1) is 17.2. The zero-order valence-electron chi connectivity index (χ0n) is 20.8. The number of piperidine rings is 1. The van der Waals surface area contributed by atoms with Crippen molar-refractivity contribution in [1.82, 2.24) is 9.80 Å². The van der Waals surface area contributed by atoms with Crippen molar-refractivity contribution in [1.29, 1.82) is 0 Å². The fraction of sp³-hybridized carbons (Fsp3) is 0.464. The van der Waals surface area contributed by atoms with Crippen LogP contribution < -0.4 is 4.74 Å². The van der Waals surface area contributed by atoms with Gasteiger partial charge in [-0.1, -0.05) is 35.9 Å². The van der Waals surface area contributed by atoms with Crippen molar-refractivity contribution in [3.8, 4) is 11.5 Å². The number of carbonyl (C=O) groups excluding carboxylic acids is 1. The van der Waals surface area contributed by atoms with E-state index in [9.17, 15) is 20.0 Å². The number of likely N-dealkylation sites (N-methyl/N-ethyl adjacent to an activating group) is 2. The summed E-state index contributed by atoms with van der Waals surface area (Å²) in [5.41, 5.74) is 1.74. The van der Waals surface area contributed by atoms with Crippen LogP contribution in [-0.2, 0) is 16.6 Å².